The normalized spacial score (nSPS) is 18.3. The van der Waals surface area contributed by atoms with Crippen molar-refractivity contribution in [3.8, 4) is 5.75 Å². The van der Waals surface area contributed by atoms with Crippen LogP contribution in [0.25, 0.3) is 0 Å². The van der Waals surface area contributed by atoms with Gasteiger partial charge < -0.3 is 15.2 Å². The minimum absolute atomic E-state index is 0.115. The number of ether oxygens (including phenoxy) is 1. The molecule has 3 rings (SSSR count). The lowest BCUT2D eigenvalue weighted by atomic mass is 9.87. The van der Waals surface area contributed by atoms with Crippen LogP contribution in [-0.4, -0.2) is 49.4 Å². The van der Waals surface area contributed by atoms with Gasteiger partial charge in [-0.25, -0.2) is 8.42 Å². The Hall–Kier alpha value is -2.33. The summed E-state index contributed by atoms with van der Waals surface area (Å²) >= 11 is 11.9. The number of nitrogens with zero attached hydrogens (tertiary/aromatic N) is 1. The molecule has 1 aliphatic heterocycles. The van der Waals surface area contributed by atoms with Gasteiger partial charge in [-0.1, -0.05) is 35.3 Å². The number of sulfonamides is 1. The maximum absolute atomic E-state index is 13.1. The molecule has 2 aromatic carbocycles. The summed E-state index contributed by atoms with van der Waals surface area (Å²) in [4.78, 5) is 24.5. The van der Waals surface area contributed by atoms with E-state index in [2.05, 4.69) is 5.32 Å². The lowest BCUT2D eigenvalue weighted by molar-refractivity contribution is -0.139. The first-order valence-corrected chi connectivity index (χ1v) is 11.8. The van der Waals surface area contributed by atoms with Crippen LogP contribution in [0, 0.1) is 0 Å². The smallest absolute Gasteiger partial charge is 0.306 e. The van der Waals surface area contributed by atoms with Crippen molar-refractivity contribution in [3.05, 3.63) is 58.1 Å². The minimum Gasteiger partial charge on any atom is -0.497 e. The summed E-state index contributed by atoms with van der Waals surface area (Å²) in [5.41, 5.74) is -0.719. The van der Waals surface area contributed by atoms with Crippen molar-refractivity contribution in [1.82, 2.24) is 9.62 Å². The van der Waals surface area contributed by atoms with E-state index in [-0.39, 0.29) is 21.5 Å². The van der Waals surface area contributed by atoms with Gasteiger partial charge in [0.15, 0.2) is 0 Å². The van der Waals surface area contributed by atoms with Gasteiger partial charge in [0.25, 0.3) is 0 Å². The van der Waals surface area contributed by atoms with Gasteiger partial charge >= 0.3 is 5.97 Å². The number of hydrogen-bond acceptors (Lipinski definition) is 5. The highest BCUT2D eigenvalue weighted by Gasteiger charge is 2.45. The third-order valence-corrected chi connectivity index (χ3v) is 7.67. The molecule has 1 saturated heterocycles. The second-order valence-corrected chi connectivity index (χ2v) is 10.4. The topological polar surface area (TPSA) is 113 Å². The molecule has 0 aromatic heterocycles. The molecule has 11 heteroatoms. The van der Waals surface area contributed by atoms with Crippen molar-refractivity contribution in [2.24, 2.45) is 0 Å². The Labute approximate surface area is 196 Å². The number of carbonyl (C=O) groups excluding carboxylic acids is 1. The Morgan fingerprint density at radius 3 is 2.25 bits per heavy atom. The second kappa shape index (κ2) is 9.27. The minimum atomic E-state index is -4.02. The molecule has 32 heavy (non-hydrogen) atoms. The molecule has 0 bridgehead atoms. The quantitative estimate of drug-likeness (QED) is 0.574. The van der Waals surface area contributed by atoms with E-state index in [0.717, 1.165) is 4.31 Å². The zero-order chi connectivity index (χ0) is 23.7. The molecule has 0 unspecified atom stereocenters. The van der Waals surface area contributed by atoms with E-state index >= 15 is 0 Å². The number of hydrogen-bond donors (Lipinski definition) is 2. The van der Waals surface area contributed by atoms with Crippen LogP contribution in [0.5, 0.6) is 5.75 Å². The van der Waals surface area contributed by atoms with Crippen LogP contribution in [0.3, 0.4) is 0 Å². The van der Waals surface area contributed by atoms with Crippen LogP contribution in [0.1, 0.15) is 25.3 Å². The van der Waals surface area contributed by atoms with Crippen molar-refractivity contribution in [2.45, 2.75) is 36.2 Å². The monoisotopic (exact) mass is 500 g/mol. The number of nitrogens with one attached hydrogen (secondary N) is 1. The molecule has 0 aliphatic carbocycles. The molecule has 1 fully saturated rings. The maximum Gasteiger partial charge on any atom is 0.306 e. The summed E-state index contributed by atoms with van der Waals surface area (Å²) in [6.07, 6.45) is -0.0977. The standard InChI is InChI=1S/C21H22Cl2N2O6S/c1-21(12-19(26)27,13-3-5-16(31-2)6-4-13)24-20(28)18-7-8-25(18)32(29,30)17-10-14(22)9-15(23)11-17/h3-6,9-11,18H,7-8,12H2,1-2H3,(H,24,28)(H,26,27)/t18-,21-/m0/s1. The first-order valence-electron chi connectivity index (χ1n) is 9.62. The van der Waals surface area contributed by atoms with Gasteiger partial charge in [0.2, 0.25) is 15.9 Å². The van der Waals surface area contributed by atoms with E-state index < -0.39 is 39.9 Å². The fourth-order valence-electron chi connectivity index (χ4n) is 3.56. The summed E-state index contributed by atoms with van der Waals surface area (Å²) in [6, 6.07) is 9.59. The van der Waals surface area contributed by atoms with Crippen molar-refractivity contribution in [3.63, 3.8) is 0 Å². The zero-order valence-electron chi connectivity index (χ0n) is 17.3. The van der Waals surface area contributed by atoms with Crippen LogP contribution in [0.4, 0.5) is 0 Å². The van der Waals surface area contributed by atoms with Crippen molar-refractivity contribution >= 4 is 45.1 Å². The van der Waals surface area contributed by atoms with Crippen LogP contribution in [0.15, 0.2) is 47.4 Å². The Balaban J connectivity index is 1.85. The Morgan fingerprint density at radius 1 is 1.19 bits per heavy atom. The van der Waals surface area contributed by atoms with Gasteiger partial charge in [0.05, 0.1) is 24.0 Å². The van der Waals surface area contributed by atoms with Gasteiger partial charge in [0.1, 0.15) is 11.8 Å². The largest absolute Gasteiger partial charge is 0.497 e. The van der Waals surface area contributed by atoms with Gasteiger partial charge in [-0.15, -0.1) is 0 Å². The molecular weight excluding hydrogens is 479 g/mol. The molecule has 8 nitrogen and oxygen atoms in total. The molecule has 0 spiro atoms. The van der Waals surface area contributed by atoms with Gasteiger partial charge in [-0.05, 0) is 49.2 Å². The molecule has 172 valence electrons. The zero-order valence-corrected chi connectivity index (χ0v) is 19.7. The third-order valence-electron chi connectivity index (χ3n) is 5.35. The van der Waals surface area contributed by atoms with Gasteiger partial charge in [0, 0.05) is 16.6 Å². The second-order valence-electron chi connectivity index (χ2n) is 7.65. The first-order chi connectivity index (χ1) is 15.0. The third kappa shape index (κ3) is 5.01. The van der Waals surface area contributed by atoms with Crippen LogP contribution in [0.2, 0.25) is 10.0 Å². The lowest BCUT2D eigenvalue weighted by Crippen LogP contribution is -2.61. The van der Waals surface area contributed by atoms with Crippen molar-refractivity contribution in [2.75, 3.05) is 13.7 Å². The van der Waals surface area contributed by atoms with E-state index in [1.54, 1.807) is 31.2 Å². The van der Waals surface area contributed by atoms with Crippen LogP contribution >= 0.6 is 23.2 Å². The summed E-state index contributed by atoms with van der Waals surface area (Å²) in [7, 11) is -2.52. The van der Waals surface area contributed by atoms with Crippen LogP contribution < -0.4 is 10.1 Å². The van der Waals surface area contributed by atoms with Gasteiger partial charge in [-0.2, -0.15) is 4.31 Å². The van der Waals surface area contributed by atoms with E-state index in [1.165, 1.54) is 25.3 Å². The highest BCUT2D eigenvalue weighted by Crippen LogP contribution is 2.32. The number of carbonyl (C=O) groups is 2. The molecule has 0 radical (unpaired) electrons. The number of halogens is 2. The SMILES string of the molecule is COc1ccc([C@](C)(CC(=O)O)NC(=O)[C@@H]2CCN2S(=O)(=O)c2cc(Cl)cc(Cl)c2)cc1. The Kier molecular flexibility index (Phi) is 7.04. The maximum atomic E-state index is 13.1. The number of carboxylic acid groups (broad SMARTS) is 1. The number of aliphatic carboxylic acids is 1. The molecule has 2 N–H and O–H groups in total. The fourth-order valence-corrected chi connectivity index (χ4v) is 5.92. The highest BCUT2D eigenvalue weighted by molar-refractivity contribution is 7.89. The average Bonchev–Trinajstić information content (AvgIpc) is 2.65. The van der Waals surface area contributed by atoms with E-state index in [4.69, 9.17) is 27.9 Å². The lowest BCUT2D eigenvalue weighted by Gasteiger charge is -2.41. The van der Waals surface area contributed by atoms with E-state index in [0.29, 0.717) is 17.7 Å². The molecule has 2 aromatic rings. The molecular formula is C21H22Cl2N2O6S. The number of benzene rings is 2. The number of rotatable bonds is 8. The molecule has 0 saturated carbocycles. The number of methoxy groups -OCH3 is 1. The molecule has 2 atom stereocenters. The Morgan fingerprint density at radius 2 is 1.78 bits per heavy atom. The predicted molar refractivity (Wildman–Crippen MR) is 120 cm³/mol. The molecule has 1 heterocycles. The van der Waals surface area contributed by atoms with Crippen molar-refractivity contribution < 1.29 is 27.9 Å². The Bertz CT molecular complexity index is 1120. The number of carboxylic acids is 1. The summed E-state index contributed by atoms with van der Waals surface area (Å²) < 4.78 is 32.3. The van der Waals surface area contributed by atoms with Gasteiger partial charge in [-0.3, -0.25) is 9.59 Å². The van der Waals surface area contributed by atoms with Crippen molar-refractivity contribution in [1.29, 1.82) is 0 Å². The fraction of sp³-hybridized carbons (Fsp3) is 0.333. The molecule has 1 amide bonds. The van der Waals surface area contributed by atoms with E-state index in [9.17, 15) is 23.1 Å². The first kappa shape index (κ1) is 24.3. The molecule has 1 aliphatic rings. The summed E-state index contributed by atoms with van der Waals surface area (Å²) in [5, 5.41) is 12.5. The highest BCUT2D eigenvalue weighted by atomic mass is 35.5. The summed E-state index contributed by atoms with van der Waals surface area (Å²) in [6.45, 7) is 1.72. The average molecular weight is 501 g/mol. The van der Waals surface area contributed by atoms with E-state index in [1.807, 2.05) is 0 Å². The summed E-state index contributed by atoms with van der Waals surface area (Å²) in [5.74, 6) is -1.13. The predicted octanol–water partition coefficient (Wildman–Crippen LogP) is 3.27. The van der Waals surface area contributed by atoms with Crippen LogP contribution in [-0.2, 0) is 25.2 Å². The number of amides is 1.